The fourth-order valence-electron chi connectivity index (χ4n) is 17.5. The molecule has 25 N–H and O–H groups in total. The van der Waals surface area contributed by atoms with Crippen molar-refractivity contribution in [2.75, 3.05) is 78.6 Å². The standard InChI is InChI=1S/C97H137N23O21S/c1-10-13-29-75-89(133)108-66(28-20-36-103-97(101)102)85(129)115-74(84(128)105-48-80(100)125)51-142-52-81(126)106-69(40-55-32-34-58(122)35-33-55)92(136)116(7)54(6)83(127)110-71(45-79(99)124)94(138)119-37-21-31-76(119)90(134)113-72(46-98)87(131)111-68(39-53(4)5)95(139)120-49-59(123)43-78(120)91(135)109-67(42-57-47-104-64-26-17-15-24-61(57)64)86(130)114-73(50-121)88(132)112-70(93(137)118(9)77(30-14-11-2)96(140)117(75)8)44-63-62-25-16-18-27-65(62)107-82(63)56-22-19-23-60(41-56)141-38-12-3/h15-19,22-27,32-35,41,47,53-54,59,66-78,104,107,121-123H,10-14,20-21,28-31,36-40,42-46,48-52,98H2,1-9H3,(H2,99,124)(H2,100,125)(H,105,128)(H,106,126)(H,108,133)(H,109,135)(H,110,127)(H,111,131)(H,112,132)(H,113,134)(H,114,130)(H,115,129)(H4,101,102,103)/t54-,59+,66?,67-,68-,69-,70-,71-,72-,73-,74-,75-,76-,77-,78-/m0/s1. The first-order valence-corrected chi connectivity index (χ1v) is 49.1. The van der Waals surface area contributed by atoms with E-state index in [-0.39, 0.29) is 89.0 Å². The molecule has 15 atom stereocenters. The van der Waals surface area contributed by atoms with Crippen LogP contribution in [-0.4, -0.2) is 325 Å². The van der Waals surface area contributed by atoms with Crippen LogP contribution < -0.4 is 86.2 Å². The number of hydrogen-bond acceptors (Lipinski definition) is 24. The zero-order chi connectivity index (χ0) is 104. The van der Waals surface area contributed by atoms with Gasteiger partial charge in [-0.2, -0.15) is 0 Å². The third-order valence-electron chi connectivity index (χ3n) is 25.3. The summed E-state index contributed by atoms with van der Waals surface area (Å²) in [5.41, 5.74) is 26.7. The minimum absolute atomic E-state index is 0.0211. The molecule has 3 fully saturated rings. The molecule has 0 spiro atoms. The van der Waals surface area contributed by atoms with Crippen LogP contribution in [0.2, 0.25) is 0 Å². The highest BCUT2D eigenvalue weighted by Gasteiger charge is 2.47. The average molecular weight is 1990 g/mol. The van der Waals surface area contributed by atoms with E-state index in [1.54, 1.807) is 86.8 Å². The highest BCUT2D eigenvalue weighted by molar-refractivity contribution is 8.00. The molecule has 6 aromatic rings. The van der Waals surface area contributed by atoms with Crippen molar-refractivity contribution < 1.29 is 102 Å². The number of unbranched alkanes of at least 4 members (excludes halogenated alkanes) is 2. The number of hydrogen-bond donors (Lipinski definition) is 21. The normalized spacial score (nSPS) is 24.1. The Morgan fingerprint density at radius 1 is 0.570 bits per heavy atom. The van der Waals surface area contributed by atoms with Gasteiger partial charge in [-0.3, -0.25) is 86.9 Å². The van der Waals surface area contributed by atoms with Crippen LogP contribution in [-0.2, 0) is 101 Å². The number of fused-ring (bicyclic) bond motifs is 4. The van der Waals surface area contributed by atoms with Crippen LogP contribution in [0.5, 0.6) is 11.5 Å². The molecule has 0 saturated carbocycles. The van der Waals surface area contributed by atoms with Gasteiger partial charge in [0.25, 0.3) is 0 Å². The average Bonchev–Trinajstić information content (AvgIpc) is 1.62. The summed E-state index contributed by atoms with van der Waals surface area (Å²) < 4.78 is 6.09. The molecule has 5 heterocycles. The first-order chi connectivity index (χ1) is 67.7. The van der Waals surface area contributed by atoms with Gasteiger partial charge in [-0.25, -0.2) is 0 Å². The first kappa shape index (κ1) is 112. The summed E-state index contributed by atoms with van der Waals surface area (Å²) in [6.45, 7) is 7.63. The summed E-state index contributed by atoms with van der Waals surface area (Å²) in [5.74, 6) is -17.9. The number of nitrogens with one attached hydrogen (secondary N) is 14. The van der Waals surface area contributed by atoms with Gasteiger partial charge < -0.3 is 136 Å². The summed E-state index contributed by atoms with van der Waals surface area (Å²) in [5, 5.41) is 71.2. The Balaban J connectivity index is 1.13. The molecule has 45 heteroatoms. The van der Waals surface area contributed by atoms with Crippen molar-refractivity contribution in [1.29, 1.82) is 5.41 Å². The van der Waals surface area contributed by atoms with Gasteiger partial charge in [-0.1, -0.05) is 121 Å². The number of nitrogens with two attached hydrogens (primary N) is 4. The third-order valence-corrected chi connectivity index (χ3v) is 26.3. The molecular formula is C97H137N23O21S. The molecule has 3 aliphatic heterocycles. The number of carbonyl (C=O) groups excluding carboxylic acids is 17. The number of guanidine groups is 1. The van der Waals surface area contributed by atoms with Crippen LogP contribution in [0.15, 0.2) is 103 Å². The van der Waals surface area contributed by atoms with Crippen molar-refractivity contribution in [1.82, 2.24) is 93.0 Å². The van der Waals surface area contributed by atoms with Crippen LogP contribution in [0.4, 0.5) is 0 Å². The Labute approximate surface area is 827 Å². The van der Waals surface area contributed by atoms with Gasteiger partial charge >= 0.3 is 0 Å². The van der Waals surface area contributed by atoms with Gasteiger partial charge in [0, 0.05) is 118 Å². The predicted molar refractivity (Wildman–Crippen MR) is 528 cm³/mol. The number of H-pyrrole nitrogens is 2. The number of para-hydroxylation sites is 2. The molecule has 9 rings (SSSR count). The van der Waals surface area contributed by atoms with Gasteiger partial charge in [0.2, 0.25) is 100 Å². The number of benzene rings is 4. The fraction of sp³-hybridized carbons (Fsp3) is 0.526. The number of phenols is 1. The molecule has 2 aromatic heterocycles. The number of amides is 17. The quantitative estimate of drug-likeness (QED) is 0.0145. The van der Waals surface area contributed by atoms with E-state index in [9.17, 15) is 58.5 Å². The molecule has 17 amide bonds. The maximum Gasteiger partial charge on any atom is 0.246 e. The van der Waals surface area contributed by atoms with Gasteiger partial charge in [0.05, 0.1) is 38.0 Å². The molecule has 3 saturated heterocycles. The van der Waals surface area contributed by atoms with Crippen molar-refractivity contribution in [3.05, 3.63) is 120 Å². The van der Waals surface area contributed by atoms with E-state index in [4.69, 9.17) is 33.1 Å². The second kappa shape index (κ2) is 53.6. The van der Waals surface area contributed by atoms with Crippen LogP contribution in [0.25, 0.3) is 33.1 Å². The number of aromatic hydroxyl groups is 1. The van der Waals surface area contributed by atoms with Crippen LogP contribution in [0, 0.1) is 11.3 Å². The smallest absolute Gasteiger partial charge is 0.246 e. The number of carbonyl (C=O) groups is 17. The van der Waals surface area contributed by atoms with E-state index >= 15 is 38.4 Å². The second-order valence-corrected chi connectivity index (χ2v) is 37.5. The van der Waals surface area contributed by atoms with Crippen LogP contribution >= 0.6 is 11.8 Å². The number of likely N-dealkylation sites (N-methyl/N-ethyl adjacent to an activating group) is 3. The second-order valence-electron chi connectivity index (χ2n) is 36.5. The minimum Gasteiger partial charge on any atom is -0.508 e. The minimum atomic E-state index is -1.94. The van der Waals surface area contributed by atoms with E-state index in [1.807, 2.05) is 26.8 Å². The van der Waals surface area contributed by atoms with Crippen LogP contribution in [0.3, 0.4) is 0 Å². The molecule has 772 valence electrons. The third kappa shape index (κ3) is 30.8. The highest BCUT2D eigenvalue weighted by atomic mass is 32.2. The number of aromatic amines is 2. The number of aliphatic hydroxyl groups excluding tert-OH is 2. The number of ether oxygens (including phenoxy) is 1. The number of phenolic OH excluding ortho intramolecular Hbond substituents is 1. The van der Waals surface area contributed by atoms with E-state index in [1.165, 1.54) is 52.3 Å². The maximum absolute atomic E-state index is 16.3. The maximum atomic E-state index is 16.3. The molecule has 3 aliphatic rings. The van der Waals surface area contributed by atoms with E-state index in [0.717, 1.165) is 36.3 Å². The Kier molecular flexibility index (Phi) is 42.2. The van der Waals surface area contributed by atoms with Crippen molar-refractivity contribution in [3.8, 4) is 22.8 Å². The zero-order valence-electron chi connectivity index (χ0n) is 81.6. The topological polar surface area (TPSA) is 668 Å². The molecule has 0 bridgehead atoms. The number of rotatable bonds is 29. The Morgan fingerprint density at radius 2 is 1.16 bits per heavy atom. The lowest BCUT2D eigenvalue weighted by Crippen LogP contribution is -2.62. The van der Waals surface area contributed by atoms with Crippen molar-refractivity contribution in [2.45, 2.75) is 241 Å². The summed E-state index contributed by atoms with van der Waals surface area (Å²) in [6, 6.07) is 4.57. The Bertz CT molecular complexity index is 5480. The summed E-state index contributed by atoms with van der Waals surface area (Å²) >= 11 is 0.756. The molecule has 4 aromatic carbocycles. The molecule has 0 radical (unpaired) electrons. The highest BCUT2D eigenvalue weighted by Crippen LogP contribution is 2.35. The van der Waals surface area contributed by atoms with Gasteiger partial charge in [-0.15, -0.1) is 11.8 Å². The number of primary amides is 2. The van der Waals surface area contributed by atoms with Crippen molar-refractivity contribution in [3.63, 3.8) is 0 Å². The lowest BCUT2D eigenvalue weighted by atomic mass is 9.96. The molecule has 1 unspecified atom stereocenters. The first-order valence-electron chi connectivity index (χ1n) is 48.0. The fourth-order valence-corrected chi connectivity index (χ4v) is 18.4. The number of aliphatic hydroxyl groups is 2. The van der Waals surface area contributed by atoms with Gasteiger partial charge in [0.1, 0.15) is 96.1 Å². The molecule has 0 aliphatic carbocycles. The van der Waals surface area contributed by atoms with Crippen LogP contribution in [0.1, 0.15) is 148 Å². The zero-order valence-corrected chi connectivity index (χ0v) is 82.4. The van der Waals surface area contributed by atoms with E-state index in [2.05, 4.69) is 68.5 Å². The Morgan fingerprint density at radius 3 is 1.82 bits per heavy atom. The number of aromatic nitrogens is 2. The van der Waals surface area contributed by atoms with E-state index in [0.29, 0.717) is 94.2 Å². The van der Waals surface area contributed by atoms with Crippen molar-refractivity contribution >= 4 is 140 Å². The summed E-state index contributed by atoms with van der Waals surface area (Å²) in [4.78, 5) is 264. The summed E-state index contributed by atoms with van der Waals surface area (Å²) in [6.07, 6.45) is -0.00656. The molecule has 44 nitrogen and oxygen atoms in total. The lowest BCUT2D eigenvalue weighted by molar-refractivity contribution is -0.149. The molecule has 142 heavy (non-hydrogen) atoms. The SMILES string of the molecule is CCCC[C@H]1C(=O)N(C)[C@@H](CCCC)C(=O)NC(CCCNC(=N)N)C(=O)N[C@H](C(=O)NCC(N)=O)CSCC(=O)N[C@@H](Cc2ccc(O)cc2)C(=O)N(C)[C@@H](C)C(=O)N[C@@H](CC(N)=O)C(=O)N2CCC[C@H]2C(=O)N[C@@H](CN)C(=O)N[C@@H](CC(C)C)C(=O)N2C[C@H](O)C[C@H]2C(=O)N[C@@H](Cc2c[nH]c3ccccc23)C(=O)N[C@@H](CO)C(=O)N[C@@H](Cc2c(-c3cccc(OCCC)c3)[nH]c3ccccc23)C(=O)N1C. The van der Waals surface area contributed by atoms with Gasteiger partial charge in [0.15, 0.2) is 5.96 Å². The summed E-state index contributed by atoms with van der Waals surface area (Å²) in [7, 11) is 3.90. The van der Waals surface area contributed by atoms with Gasteiger partial charge in [-0.05, 0) is 117 Å². The lowest BCUT2D eigenvalue weighted by Gasteiger charge is -2.36. The molecular weight excluding hydrogens is 1860 g/mol. The largest absolute Gasteiger partial charge is 0.508 e. The van der Waals surface area contributed by atoms with Crippen molar-refractivity contribution in [2.24, 2.45) is 28.9 Å². The Hall–Kier alpha value is -14.0. The van der Waals surface area contributed by atoms with E-state index < -0.39 is 248 Å². The predicted octanol–water partition coefficient (Wildman–Crippen LogP) is -1.48. The number of nitrogens with zero attached hydrogens (tertiary/aromatic N) is 5. The monoisotopic (exact) mass is 1990 g/mol. The number of thioether (sulfide) groups is 1.